The number of Topliss-reactive ketones (excluding diaryl/α,β-unsaturated/α-hetero) is 1. The predicted octanol–water partition coefficient (Wildman–Crippen LogP) is 6.69. The normalized spacial score (nSPS) is 12.6. The van der Waals surface area contributed by atoms with Crippen molar-refractivity contribution in [1.29, 1.82) is 0 Å². The van der Waals surface area contributed by atoms with Gasteiger partial charge < -0.3 is 0 Å². The van der Waals surface area contributed by atoms with Crippen molar-refractivity contribution in [3.63, 3.8) is 0 Å². The molecule has 1 unspecified atom stereocenters. The van der Waals surface area contributed by atoms with Gasteiger partial charge in [-0.2, -0.15) is 0 Å². The number of hydrogen-bond donors (Lipinski definition) is 0. The van der Waals surface area contributed by atoms with E-state index in [-0.39, 0.29) is 0 Å². The number of carbonyl (C=O) groups excluding carboxylic acids is 1. The van der Waals surface area contributed by atoms with E-state index in [2.05, 4.69) is 13.8 Å². The lowest BCUT2D eigenvalue weighted by molar-refractivity contribution is -0.121. The molecule has 0 aromatic rings. The minimum absolute atomic E-state index is 0.332. The van der Waals surface area contributed by atoms with Gasteiger partial charge >= 0.3 is 0 Å². The highest BCUT2D eigenvalue weighted by Crippen LogP contribution is 2.16. The van der Waals surface area contributed by atoms with Gasteiger partial charge in [0.25, 0.3) is 0 Å². The van der Waals surface area contributed by atoms with E-state index in [1.807, 2.05) is 0 Å². The van der Waals surface area contributed by atoms with Crippen LogP contribution in [-0.2, 0) is 4.79 Å². The zero-order chi connectivity index (χ0) is 15.1. The van der Waals surface area contributed by atoms with Crippen molar-refractivity contribution in [3.05, 3.63) is 0 Å². The molecule has 1 nitrogen and oxygen atoms in total. The van der Waals surface area contributed by atoms with Gasteiger partial charge in [-0.05, 0) is 19.8 Å². The van der Waals surface area contributed by atoms with Gasteiger partial charge in [0.15, 0.2) is 0 Å². The van der Waals surface area contributed by atoms with Crippen LogP contribution < -0.4 is 0 Å². The smallest absolute Gasteiger partial charge is 0.132 e. The highest BCUT2D eigenvalue weighted by Gasteiger charge is 2.10. The molecule has 0 aliphatic carbocycles. The maximum atomic E-state index is 11.3. The van der Waals surface area contributed by atoms with E-state index in [1.54, 1.807) is 6.92 Å². The second kappa shape index (κ2) is 15.1. The molecule has 0 saturated heterocycles. The molecule has 0 amide bonds. The van der Waals surface area contributed by atoms with Crippen molar-refractivity contribution in [2.24, 2.45) is 5.92 Å². The van der Waals surface area contributed by atoms with Crippen LogP contribution in [0.2, 0.25) is 0 Å². The van der Waals surface area contributed by atoms with Gasteiger partial charge in [-0.3, -0.25) is 4.79 Å². The molecule has 0 saturated carbocycles. The van der Waals surface area contributed by atoms with Gasteiger partial charge in [0, 0.05) is 5.92 Å². The van der Waals surface area contributed by atoms with E-state index in [1.165, 1.54) is 77.0 Å². The van der Waals surface area contributed by atoms with Crippen molar-refractivity contribution in [1.82, 2.24) is 0 Å². The Labute approximate surface area is 127 Å². The second-order valence-electron chi connectivity index (χ2n) is 6.39. The van der Waals surface area contributed by atoms with Crippen LogP contribution in [-0.4, -0.2) is 5.78 Å². The molecule has 0 N–H and O–H groups in total. The second-order valence-corrected chi connectivity index (χ2v) is 6.39. The quantitative estimate of drug-likeness (QED) is 0.306. The summed E-state index contributed by atoms with van der Waals surface area (Å²) in [6.07, 6.45) is 18.8. The molecular formula is C19H38O. The Balaban J connectivity index is 3.15. The summed E-state index contributed by atoms with van der Waals surface area (Å²) in [7, 11) is 0. The number of unbranched alkanes of at least 4 members (excludes halogenated alkanes) is 11. The van der Waals surface area contributed by atoms with Gasteiger partial charge in [-0.1, -0.05) is 90.9 Å². The van der Waals surface area contributed by atoms with E-state index in [4.69, 9.17) is 0 Å². The Morgan fingerprint density at radius 3 is 1.45 bits per heavy atom. The molecule has 0 radical (unpaired) electrons. The summed E-state index contributed by atoms with van der Waals surface area (Å²) in [6, 6.07) is 0. The summed E-state index contributed by atoms with van der Waals surface area (Å²) < 4.78 is 0. The third kappa shape index (κ3) is 12.7. The van der Waals surface area contributed by atoms with E-state index in [0.717, 1.165) is 12.8 Å². The standard InChI is InChI=1S/C19H38O/c1-4-6-7-8-9-10-11-12-13-14-15-16-17-19(5-2)18(3)20/h19H,4-17H2,1-3H3. The molecule has 0 bridgehead atoms. The third-order valence-electron chi connectivity index (χ3n) is 4.47. The largest absolute Gasteiger partial charge is 0.300 e. The van der Waals surface area contributed by atoms with E-state index in [0.29, 0.717) is 11.7 Å². The van der Waals surface area contributed by atoms with E-state index in [9.17, 15) is 4.79 Å². The predicted molar refractivity (Wildman–Crippen MR) is 90.2 cm³/mol. The van der Waals surface area contributed by atoms with Crippen LogP contribution >= 0.6 is 0 Å². The molecule has 0 aromatic heterocycles. The number of hydrogen-bond acceptors (Lipinski definition) is 1. The van der Waals surface area contributed by atoms with Crippen molar-refractivity contribution >= 4 is 5.78 Å². The lowest BCUT2D eigenvalue weighted by Gasteiger charge is -2.10. The zero-order valence-electron chi connectivity index (χ0n) is 14.4. The summed E-state index contributed by atoms with van der Waals surface area (Å²) in [5.41, 5.74) is 0. The lowest BCUT2D eigenvalue weighted by Crippen LogP contribution is -2.09. The van der Waals surface area contributed by atoms with Crippen LogP contribution in [0.4, 0.5) is 0 Å². The highest BCUT2D eigenvalue weighted by atomic mass is 16.1. The average Bonchev–Trinajstić information content (AvgIpc) is 2.43. The van der Waals surface area contributed by atoms with Crippen LogP contribution in [0, 0.1) is 5.92 Å². The minimum atomic E-state index is 0.332. The third-order valence-corrected chi connectivity index (χ3v) is 4.47. The Bertz CT molecular complexity index is 210. The molecule has 0 rings (SSSR count). The lowest BCUT2D eigenvalue weighted by atomic mass is 9.94. The van der Waals surface area contributed by atoms with E-state index < -0.39 is 0 Å². The molecular weight excluding hydrogens is 244 g/mol. The van der Waals surface area contributed by atoms with Crippen LogP contribution in [0.15, 0.2) is 0 Å². The van der Waals surface area contributed by atoms with Crippen molar-refractivity contribution in [3.8, 4) is 0 Å². The van der Waals surface area contributed by atoms with Gasteiger partial charge in [0.2, 0.25) is 0 Å². The van der Waals surface area contributed by atoms with Crippen molar-refractivity contribution < 1.29 is 4.79 Å². The summed E-state index contributed by atoms with van der Waals surface area (Å²) in [4.78, 5) is 11.3. The number of carbonyl (C=O) groups is 1. The van der Waals surface area contributed by atoms with Crippen molar-refractivity contribution in [2.75, 3.05) is 0 Å². The highest BCUT2D eigenvalue weighted by molar-refractivity contribution is 5.78. The van der Waals surface area contributed by atoms with Gasteiger partial charge in [0.1, 0.15) is 5.78 Å². The zero-order valence-corrected chi connectivity index (χ0v) is 14.4. The maximum Gasteiger partial charge on any atom is 0.132 e. The molecule has 0 aliphatic rings. The summed E-state index contributed by atoms with van der Waals surface area (Å²) in [6.45, 7) is 6.15. The maximum absolute atomic E-state index is 11.3. The fourth-order valence-electron chi connectivity index (χ4n) is 2.93. The Hall–Kier alpha value is -0.330. The summed E-state index contributed by atoms with van der Waals surface area (Å²) >= 11 is 0. The Morgan fingerprint density at radius 1 is 0.700 bits per heavy atom. The van der Waals surface area contributed by atoms with Crippen LogP contribution in [0.1, 0.15) is 111 Å². The van der Waals surface area contributed by atoms with E-state index >= 15 is 0 Å². The fourth-order valence-corrected chi connectivity index (χ4v) is 2.93. The van der Waals surface area contributed by atoms with Gasteiger partial charge in [0.05, 0.1) is 0 Å². The molecule has 120 valence electrons. The molecule has 0 heterocycles. The molecule has 1 atom stereocenters. The molecule has 20 heavy (non-hydrogen) atoms. The SMILES string of the molecule is CCCCCCCCCCCCCCC(CC)C(C)=O. The van der Waals surface area contributed by atoms with Crippen molar-refractivity contribution in [2.45, 2.75) is 111 Å². The molecule has 0 aliphatic heterocycles. The summed E-state index contributed by atoms with van der Waals surface area (Å²) in [5, 5.41) is 0. The van der Waals surface area contributed by atoms with Gasteiger partial charge in [-0.25, -0.2) is 0 Å². The monoisotopic (exact) mass is 282 g/mol. The fraction of sp³-hybridized carbons (Fsp3) is 0.947. The average molecular weight is 283 g/mol. The molecule has 0 fully saturated rings. The first kappa shape index (κ1) is 19.7. The topological polar surface area (TPSA) is 17.1 Å². The molecule has 0 aromatic carbocycles. The van der Waals surface area contributed by atoms with Crippen LogP contribution in [0.3, 0.4) is 0 Å². The number of rotatable bonds is 15. The first-order chi connectivity index (χ1) is 9.72. The Morgan fingerprint density at radius 2 is 1.10 bits per heavy atom. The Kier molecular flexibility index (Phi) is 14.8. The minimum Gasteiger partial charge on any atom is -0.300 e. The summed E-state index contributed by atoms with van der Waals surface area (Å²) in [5.74, 6) is 0.716. The first-order valence-electron chi connectivity index (χ1n) is 9.22. The molecule has 1 heteroatoms. The van der Waals surface area contributed by atoms with Gasteiger partial charge in [-0.15, -0.1) is 0 Å². The first-order valence-corrected chi connectivity index (χ1v) is 9.22. The van der Waals surface area contributed by atoms with Crippen LogP contribution in [0.5, 0.6) is 0 Å². The van der Waals surface area contributed by atoms with Crippen LogP contribution in [0.25, 0.3) is 0 Å². The molecule has 0 spiro atoms. The number of ketones is 1.